The molecule has 0 fully saturated rings. The third-order valence-electron chi connectivity index (χ3n) is 2.92. The van der Waals surface area contributed by atoms with Crippen LogP contribution in [0.15, 0.2) is 12.1 Å². The van der Waals surface area contributed by atoms with E-state index < -0.39 is 5.54 Å². The van der Waals surface area contributed by atoms with Crippen LogP contribution in [0.1, 0.15) is 19.4 Å². The summed E-state index contributed by atoms with van der Waals surface area (Å²) in [7, 11) is 4.44. The van der Waals surface area contributed by atoms with Crippen molar-refractivity contribution in [2.45, 2.75) is 25.9 Å². The van der Waals surface area contributed by atoms with Gasteiger partial charge in [-0.2, -0.15) is 0 Å². The maximum absolute atomic E-state index is 11.6. The molecular formula is C14H20ClNO4. The second-order valence-electron chi connectivity index (χ2n) is 4.78. The van der Waals surface area contributed by atoms with Crippen molar-refractivity contribution < 1.29 is 19.0 Å². The first-order chi connectivity index (χ1) is 9.35. The number of nitrogens with one attached hydrogen (secondary N) is 1. The number of carbonyl (C=O) groups is 1. The molecule has 1 aromatic carbocycles. The Labute approximate surface area is 124 Å². The van der Waals surface area contributed by atoms with E-state index in [1.54, 1.807) is 27.0 Å². The summed E-state index contributed by atoms with van der Waals surface area (Å²) in [6.07, 6.45) is 0. The van der Waals surface area contributed by atoms with Gasteiger partial charge in [0, 0.05) is 6.54 Å². The van der Waals surface area contributed by atoms with Gasteiger partial charge in [-0.1, -0.05) is 11.6 Å². The van der Waals surface area contributed by atoms with Crippen LogP contribution >= 0.6 is 11.6 Å². The molecule has 0 heterocycles. The highest BCUT2D eigenvalue weighted by molar-refractivity contribution is 6.32. The number of hydrogen-bond donors (Lipinski definition) is 1. The predicted octanol–water partition coefficient (Wildman–Crippen LogP) is 2.40. The minimum absolute atomic E-state index is 0.330. The van der Waals surface area contributed by atoms with Crippen LogP contribution in [0.2, 0.25) is 5.02 Å². The number of carbonyl (C=O) groups excluding carboxylic acids is 1. The summed E-state index contributed by atoms with van der Waals surface area (Å²) in [5.41, 5.74) is 0.0959. The standard InChI is InChI=1S/C14H20ClNO4/c1-14(2,13(17)20-5)16-8-9-6-10(15)12(19-4)11(7-9)18-3/h6-7,16H,8H2,1-5H3. The Bertz CT molecular complexity index is 488. The van der Waals surface area contributed by atoms with Gasteiger partial charge in [0.25, 0.3) is 0 Å². The van der Waals surface area contributed by atoms with E-state index >= 15 is 0 Å². The monoisotopic (exact) mass is 301 g/mol. The third kappa shape index (κ3) is 3.77. The van der Waals surface area contributed by atoms with Gasteiger partial charge in [-0.05, 0) is 31.5 Å². The average molecular weight is 302 g/mol. The van der Waals surface area contributed by atoms with E-state index in [9.17, 15) is 4.79 Å². The molecule has 0 amide bonds. The summed E-state index contributed by atoms with van der Waals surface area (Å²) in [6.45, 7) is 3.95. The molecule has 0 spiro atoms. The first-order valence-corrected chi connectivity index (χ1v) is 6.47. The maximum Gasteiger partial charge on any atom is 0.325 e. The van der Waals surface area contributed by atoms with Crippen LogP contribution in [0, 0.1) is 0 Å². The molecule has 0 aromatic heterocycles. The predicted molar refractivity (Wildman–Crippen MR) is 77.5 cm³/mol. The van der Waals surface area contributed by atoms with Crippen molar-refractivity contribution in [3.63, 3.8) is 0 Å². The molecule has 0 radical (unpaired) electrons. The van der Waals surface area contributed by atoms with E-state index in [1.165, 1.54) is 14.2 Å². The Morgan fingerprint density at radius 1 is 1.25 bits per heavy atom. The molecule has 0 aliphatic heterocycles. The van der Waals surface area contributed by atoms with Gasteiger partial charge in [0.15, 0.2) is 11.5 Å². The molecule has 0 aliphatic rings. The Balaban J connectivity index is 2.89. The minimum Gasteiger partial charge on any atom is -0.493 e. The fourth-order valence-electron chi connectivity index (χ4n) is 1.72. The van der Waals surface area contributed by atoms with Gasteiger partial charge in [-0.25, -0.2) is 0 Å². The molecule has 6 heteroatoms. The molecule has 1 N–H and O–H groups in total. The molecule has 1 rings (SSSR count). The van der Waals surface area contributed by atoms with Crippen LogP contribution in [0.3, 0.4) is 0 Å². The molecule has 112 valence electrons. The third-order valence-corrected chi connectivity index (χ3v) is 3.20. The summed E-state index contributed by atoms with van der Waals surface area (Å²) in [5, 5.41) is 3.57. The maximum atomic E-state index is 11.6. The van der Waals surface area contributed by atoms with Crippen LogP contribution in [0.25, 0.3) is 0 Å². The Hall–Kier alpha value is -1.46. The Morgan fingerprint density at radius 2 is 1.90 bits per heavy atom. The van der Waals surface area contributed by atoms with Gasteiger partial charge in [0.2, 0.25) is 0 Å². The quantitative estimate of drug-likeness (QED) is 0.818. The second-order valence-corrected chi connectivity index (χ2v) is 5.19. The normalized spacial score (nSPS) is 11.1. The molecule has 0 saturated heterocycles. The lowest BCUT2D eigenvalue weighted by atomic mass is 10.1. The number of methoxy groups -OCH3 is 3. The van der Waals surface area contributed by atoms with E-state index in [0.717, 1.165) is 5.56 Å². The van der Waals surface area contributed by atoms with Crippen molar-refractivity contribution in [3.8, 4) is 11.5 Å². The molecule has 0 unspecified atom stereocenters. The van der Waals surface area contributed by atoms with E-state index in [1.807, 2.05) is 6.07 Å². The van der Waals surface area contributed by atoms with Crippen molar-refractivity contribution in [1.82, 2.24) is 5.32 Å². The van der Waals surface area contributed by atoms with Gasteiger partial charge >= 0.3 is 5.97 Å². The zero-order chi connectivity index (χ0) is 15.3. The Kier molecular flexibility index (Phi) is 5.65. The Morgan fingerprint density at radius 3 is 2.40 bits per heavy atom. The van der Waals surface area contributed by atoms with Crippen LogP contribution < -0.4 is 14.8 Å². The smallest absolute Gasteiger partial charge is 0.325 e. The summed E-state index contributed by atoms with van der Waals surface area (Å²) >= 11 is 6.13. The van der Waals surface area contributed by atoms with Gasteiger partial charge < -0.3 is 14.2 Å². The molecule has 0 atom stereocenters. The number of rotatable bonds is 6. The molecule has 0 aliphatic carbocycles. The SMILES string of the molecule is COC(=O)C(C)(C)NCc1cc(Cl)c(OC)c(OC)c1. The number of benzene rings is 1. The number of hydrogen-bond acceptors (Lipinski definition) is 5. The zero-order valence-electron chi connectivity index (χ0n) is 12.4. The second kappa shape index (κ2) is 6.81. The fraction of sp³-hybridized carbons (Fsp3) is 0.500. The van der Waals surface area contributed by atoms with Gasteiger partial charge in [-0.15, -0.1) is 0 Å². The van der Waals surface area contributed by atoms with Crippen molar-refractivity contribution in [2.75, 3.05) is 21.3 Å². The highest BCUT2D eigenvalue weighted by Gasteiger charge is 2.27. The van der Waals surface area contributed by atoms with Crippen LogP contribution in [-0.4, -0.2) is 32.8 Å². The summed E-state index contributed by atoms with van der Waals surface area (Å²) in [5.74, 6) is 0.710. The lowest BCUT2D eigenvalue weighted by molar-refractivity contribution is -0.147. The molecule has 0 bridgehead atoms. The molecule has 20 heavy (non-hydrogen) atoms. The van der Waals surface area contributed by atoms with E-state index in [2.05, 4.69) is 5.32 Å². The highest BCUT2D eigenvalue weighted by atomic mass is 35.5. The number of esters is 1. The van der Waals surface area contributed by atoms with Gasteiger partial charge in [-0.3, -0.25) is 10.1 Å². The van der Waals surface area contributed by atoms with Crippen LogP contribution in [0.5, 0.6) is 11.5 Å². The van der Waals surface area contributed by atoms with Crippen LogP contribution in [0.4, 0.5) is 0 Å². The summed E-state index contributed by atoms with van der Waals surface area (Å²) in [4.78, 5) is 11.6. The summed E-state index contributed by atoms with van der Waals surface area (Å²) in [6, 6.07) is 3.58. The molecular weight excluding hydrogens is 282 g/mol. The summed E-state index contributed by atoms with van der Waals surface area (Å²) < 4.78 is 15.1. The highest BCUT2D eigenvalue weighted by Crippen LogP contribution is 2.36. The van der Waals surface area contributed by atoms with Crippen LogP contribution in [-0.2, 0) is 16.1 Å². The van der Waals surface area contributed by atoms with E-state index in [-0.39, 0.29) is 5.97 Å². The largest absolute Gasteiger partial charge is 0.493 e. The average Bonchev–Trinajstić information content (AvgIpc) is 2.43. The fourth-order valence-corrected chi connectivity index (χ4v) is 2.03. The number of halogens is 1. The molecule has 5 nitrogen and oxygen atoms in total. The molecule has 0 saturated carbocycles. The minimum atomic E-state index is -0.783. The van der Waals surface area contributed by atoms with E-state index in [4.69, 9.17) is 25.8 Å². The first-order valence-electron chi connectivity index (χ1n) is 6.09. The van der Waals surface area contributed by atoms with Crippen molar-refractivity contribution in [2.24, 2.45) is 0 Å². The van der Waals surface area contributed by atoms with Gasteiger partial charge in [0.05, 0.1) is 26.4 Å². The van der Waals surface area contributed by atoms with Crippen molar-refractivity contribution >= 4 is 17.6 Å². The van der Waals surface area contributed by atoms with Crippen molar-refractivity contribution in [3.05, 3.63) is 22.7 Å². The number of ether oxygens (including phenoxy) is 3. The van der Waals surface area contributed by atoms with Gasteiger partial charge in [0.1, 0.15) is 5.54 Å². The van der Waals surface area contributed by atoms with E-state index in [0.29, 0.717) is 23.1 Å². The lowest BCUT2D eigenvalue weighted by Gasteiger charge is -2.23. The van der Waals surface area contributed by atoms with Crippen molar-refractivity contribution in [1.29, 1.82) is 0 Å². The zero-order valence-corrected chi connectivity index (χ0v) is 13.1. The topological polar surface area (TPSA) is 56.8 Å². The first kappa shape index (κ1) is 16.6. The molecule has 1 aromatic rings. The lowest BCUT2D eigenvalue weighted by Crippen LogP contribution is -2.46.